The summed E-state index contributed by atoms with van der Waals surface area (Å²) >= 11 is 11.7. The van der Waals surface area contributed by atoms with Crippen LogP contribution in [0.15, 0.2) is 18.2 Å². The Balaban J connectivity index is 2.16. The highest BCUT2D eigenvalue weighted by Gasteiger charge is 2.34. The van der Waals surface area contributed by atoms with Crippen LogP contribution in [-0.2, 0) is 6.42 Å². The molecule has 1 heterocycles. The fourth-order valence-corrected chi connectivity index (χ4v) is 2.20. The van der Waals surface area contributed by atoms with Crippen molar-refractivity contribution in [2.45, 2.75) is 12.0 Å². The highest BCUT2D eigenvalue weighted by atomic mass is 35.5. The molecule has 14 heavy (non-hydrogen) atoms. The molecule has 0 radical (unpaired) electrons. The molecule has 2 nitrogen and oxygen atoms in total. The lowest BCUT2D eigenvalue weighted by molar-refractivity contribution is -0.00901. The summed E-state index contributed by atoms with van der Waals surface area (Å²) < 4.78 is 0. The maximum Gasteiger partial charge on any atom is 0.0935 e. The molecule has 1 aromatic rings. The molecule has 4 heteroatoms. The van der Waals surface area contributed by atoms with Crippen LogP contribution >= 0.6 is 23.2 Å². The quantitative estimate of drug-likeness (QED) is 0.815. The molecule has 1 aliphatic rings. The second-order valence-electron chi connectivity index (χ2n) is 3.78. The van der Waals surface area contributed by atoms with E-state index in [0.29, 0.717) is 29.6 Å². The summed E-state index contributed by atoms with van der Waals surface area (Å²) in [5, 5.41) is 14.2. The summed E-state index contributed by atoms with van der Waals surface area (Å²) in [6.07, 6.45) is 0.598. The standard InChI is InChI=1S/C10H11Cl2NO/c11-8-1-7(2-9(12)3-8)4-10(14)5-13-6-10/h1-3,13-14H,4-6H2. The number of nitrogens with one attached hydrogen (secondary N) is 1. The van der Waals surface area contributed by atoms with E-state index in [-0.39, 0.29) is 0 Å². The highest BCUT2D eigenvalue weighted by molar-refractivity contribution is 6.34. The fraction of sp³-hybridized carbons (Fsp3) is 0.400. The average Bonchev–Trinajstić information content (AvgIpc) is 1.99. The molecule has 1 aromatic carbocycles. The Bertz CT molecular complexity index is 330. The number of β-amino-alcohol motifs (C(OH)–C–C–N with tert-alkyl or cyclic N) is 1. The van der Waals surface area contributed by atoms with Gasteiger partial charge in [0.2, 0.25) is 0 Å². The Labute approximate surface area is 92.8 Å². The zero-order chi connectivity index (χ0) is 10.2. The van der Waals surface area contributed by atoms with Gasteiger partial charge in [-0.3, -0.25) is 0 Å². The summed E-state index contributed by atoms with van der Waals surface area (Å²) in [7, 11) is 0. The van der Waals surface area contributed by atoms with Gasteiger partial charge in [0.05, 0.1) is 5.60 Å². The number of benzene rings is 1. The first-order valence-corrected chi connectivity index (χ1v) is 5.21. The predicted molar refractivity (Wildman–Crippen MR) is 58.0 cm³/mol. The minimum absolute atomic E-state index is 0.598. The number of halogens is 2. The van der Waals surface area contributed by atoms with Crippen molar-refractivity contribution in [3.63, 3.8) is 0 Å². The van der Waals surface area contributed by atoms with Crippen molar-refractivity contribution in [1.82, 2.24) is 5.32 Å². The molecule has 2 rings (SSSR count). The van der Waals surface area contributed by atoms with E-state index in [9.17, 15) is 5.11 Å². The molecule has 0 amide bonds. The van der Waals surface area contributed by atoms with E-state index >= 15 is 0 Å². The van der Waals surface area contributed by atoms with Crippen LogP contribution in [0.5, 0.6) is 0 Å². The molecule has 1 aliphatic heterocycles. The molecule has 0 aliphatic carbocycles. The van der Waals surface area contributed by atoms with Crippen LogP contribution < -0.4 is 5.32 Å². The van der Waals surface area contributed by atoms with Gasteiger partial charge in [0.15, 0.2) is 0 Å². The van der Waals surface area contributed by atoms with Crippen molar-refractivity contribution in [1.29, 1.82) is 0 Å². The average molecular weight is 232 g/mol. The van der Waals surface area contributed by atoms with Gasteiger partial charge in [0.1, 0.15) is 0 Å². The third kappa shape index (κ3) is 2.20. The van der Waals surface area contributed by atoms with Gasteiger partial charge in [-0.1, -0.05) is 23.2 Å². The molecule has 0 unspecified atom stereocenters. The molecule has 0 aromatic heterocycles. The molecule has 1 saturated heterocycles. The van der Waals surface area contributed by atoms with Crippen LogP contribution in [0.3, 0.4) is 0 Å². The first-order valence-electron chi connectivity index (χ1n) is 4.45. The smallest absolute Gasteiger partial charge is 0.0935 e. The largest absolute Gasteiger partial charge is 0.387 e. The molecule has 0 bridgehead atoms. The molecular weight excluding hydrogens is 221 g/mol. The topological polar surface area (TPSA) is 32.3 Å². The van der Waals surface area contributed by atoms with Crippen LogP contribution in [0.2, 0.25) is 10.0 Å². The van der Waals surface area contributed by atoms with Crippen molar-refractivity contribution in [3.05, 3.63) is 33.8 Å². The summed E-state index contributed by atoms with van der Waals surface area (Å²) in [4.78, 5) is 0. The highest BCUT2D eigenvalue weighted by Crippen LogP contribution is 2.23. The fourth-order valence-electron chi connectivity index (χ4n) is 1.63. The first kappa shape index (κ1) is 10.2. The monoisotopic (exact) mass is 231 g/mol. The lowest BCUT2D eigenvalue weighted by Gasteiger charge is -2.37. The Morgan fingerprint density at radius 2 is 1.79 bits per heavy atom. The van der Waals surface area contributed by atoms with Crippen molar-refractivity contribution in [2.24, 2.45) is 0 Å². The van der Waals surface area contributed by atoms with E-state index in [4.69, 9.17) is 23.2 Å². The van der Waals surface area contributed by atoms with Gasteiger partial charge in [-0.25, -0.2) is 0 Å². The molecule has 76 valence electrons. The Morgan fingerprint density at radius 3 is 2.21 bits per heavy atom. The number of hydrogen-bond donors (Lipinski definition) is 2. The van der Waals surface area contributed by atoms with Crippen molar-refractivity contribution in [3.8, 4) is 0 Å². The minimum atomic E-state index is -0.617. The molecule has 2 N–H and O–H groups in total. The van der Waals surface area contributed by atoms with Crippen molar-refractivity contribution >= 4 is 23.2 Å². The summed E-state index contributed by atoms with van der Waals surface area (Å²) in [5.74, 6) is 0. The van der Waals surface area contributed by atoms with E-state index in [1.54, 1.807) is 6.07 Å². The van der Waals surface area contributed by atoms with E-state index in [2.05, 4.69) is 5.32 Å². The molecule has 0 spiro atoms. The normalized spacial score (nSPS) is 19.1. The van der Waals surface area contributed by atoms with Gasteiger partial charge in [0.25, 0.3) is 0 Å². The maximum absolute atomic E-state index is 9.90. The van der Waals surface area contributed by atoms with E-state index < -0.39 is 5.60 Å². The summed E-state index contributed by atoms with van der Waals surface area (Å²) in [5.41, 5.74) is 0.361. The van der Waals surface area contributed by atoms with Crippen LogP contribution in [-0.4, -0.2) is 23.8 Å². The van der Waals surface area contributed by atoms with E-state index in [0.717, 1.165) is 5.56 Å². The lowest BCUT2D eigenvalue weighted by atomic mass is 9.89. The Morgan fingerprint density at radius 1 is 1.21 bits per heavy atom. The molecule has 0 atom stereocenters. The van der Waals surface area contributed by atoms with Crippen LogP contribution in [0.1, 0.15) is 5.56 Å². The summed E-state index contributed by atoms with van der Waals surface area (Å²) in [6.45, 7) is 1.27. The number of rotatable bonds is 2. The predicted octanol–water partition coefficient (Wildman–Crippen LogP) is 1.87. The zero-order valence-electron chi connectivity index (χ0n) is 7.56. The van der Waals surface area contributed by atoms with Gasteiger partial charge in [-0.15, -0.1) is 0 Å². The van der Waals surface area contributed by atoms with Crippen molar-refractivity contribution < 1.29 is 5.11 Å². The second kappa shape index (κ2) is 3.70. The number of aliphatic hydroxyl groups is 1. The zero-order valence-corrected chi connectivity index (χ0v) is 9.07. The van der Waals surface area contributed by atoms with Gasteiger partial charge in [0, 0.05) is 29.6 Å². The summed E-state index contributed by atoms with van der Waals surface area (Å²) in [6, 6.07) is 5.36. The maximum atomic E-state index is 9.90. The van der Waals surface area contributed by atoms with E-state index in [1.165, 1.54) is 0 Å². The molecular formula is C10H11Cl2NO. The number of hydrogen-bond acceptors (Lipinski definition) is 2. The van der Waals surface area contributed by atoms with Crippen LogP contribution in [0, 0.1) is 0 Å². The second-order valence-corrected chi connectivity index (χ2v) is 4.66. The van der Waals surface area contributed by atoms with Gasteiger partial charge in [-0.05, 0) is 23.8 Å². The lowest BCUT2D eigenvalue weighted by Crippen LogP contribution is -2.60. The van der Waals surface area contributed by atoms with Crippen LogP contribution in [0.25, 0.3) is 0 Å². The van der Waals surface area contributed by atoms with Gasteiger partial charge < -0.3 is 10.4 Å². The third-order valence-electron chi connectivity index (χ3n) is 2.36. The van der Waals surface area contributed by atoms with E-state index in [1.807, 2.05) is 12.1 Å². The van der Waals surface area contributed by atoms with Gasteiger partial charge in [-0.2, -0.15) is 0 Å². The Hall–Kier alpha value is -0.280. The van der Waals surface area contributed by atoms with Crippen LogP contribution in [0.4, 0.5) is 0 Å². The SMILES string of the molecule is OC1(Cc2cc(Cl)cc(Cl)c2)CNC1. The molecule has 0 saturated carbocycles. The minimum Gasteiger partial charge on any atom is -0.387 e. The first-order chi connectivity index (χ1) is 6.57. The third-order valence-corrected chi connectivity index (χ3v) is 2.80. The molecule has 1 fully saturated rings. The Kier molecular flexibility index (Phi) is 2.71. The van der Waals surface area contributed by atoms with Crippen molar-refractivity contribution in [2.75, 3.05) is 13.1 Å². The van der Waals surface area contributed by atoms with Gasteiger partial charge >= 0.3 is 0 Å².